The fourth-order valence-corrected chi connectivity index (χ4v) is 2.21. The number of benzene rings is 1. The molecule has 0 aliphatic heterocycles. The molecule has 120 valence electrons. The topological polar surface area (TPSA) is 58.3 Å². The van der Waals surface area contributed by atoms with Crippen LogP contribution < -0.4 is 11.1 Å². The van der Waals surface area contributed by atoms with Crippen molar-refractivity contribution < 1.29 is 22.7 Å². The van der Waals surface area contributed by atoms with E-state index in [4.69, 9.17) is 10.8 Å². The molecule has 0 radical (unpaired) electrons. The van der Waals surface area contributed by atoms with Crippen LogP contribution in [-0.2, 0) is 6.18 Å². The summed E-state index contributed by atoms with van der Waals surface area (Å²) in [7, 11) is 0. The van der Waals surface area contributed by atoms with E-state index in [1.807, 2.05) is 6.92 Å². The summed E-state index contributed by atoms with van der Waals surface area (Å²) in [6.45, 7) is 1.73. The van der Waals surface area contributed by atoms with Crippen molar-refractivity contribution in [2.45, 2.75) is 38.0 Å². The number of alkyl halides is 3. The van der Waals surface area contributed by atoms with E-state index in [0.717, 1.165) is 12.1 Å². The molecule has 3 nitrogen and oxygen atoms in total. The van der Waals surface area contributed by atoms with Crippen molar-refractivity contribution in [1.82, 2.24) is 5.32 Å². The van der Waals surface area contributed by atoms with Crippen LogP contribution in [-0.4, -0.2) is 24.3 Å². The normalized spacial score (nSPS) is 15.0. The van der Waals surface area contributed by atoms with Gasteiger partial charge in [0.2, 0.25) is 0 Å². The van der Waals surface area contributed by atoms with Gasteiger partial charge < -0.3 is 16.2 Å². The number of rotatable bonds is 7. The number of hydrogen-bond acceptors (Lipinski definition) is 3. The Morgan fingerprint density at radius 2 is 2.00 bits per heavy atom. The molecular formula is C14H20F4N2O. The molecule has 0 fully saturated rings. The van der Waals surface area contributed by atoms with Crippen molar-refractivity contribution in [3.63, 3.8) is 0 Å². The van der Waals surface area contributed by atoms with E-state index in [1.165, 1.54) is 0 Å². The van der Waals surface area contributed by atoms with E-state index in [1.54, 1.807) is 0 Å². The third-order valence-corrected chi connectivity index (χ3v) is 3.34. The highest BCUT2D eigenvalue weighted by atomic mass is 19.4. The lowest BCUT2D eigenvalue weighted by Crippen LogP contribution is -2.38. The second-order valence-electron chi connectivity index (χ2n) is 4.80. The minimum absolute atomic E-state index is 0.0589. The number of aliphatic hydroxyl groups is 1. The zero-order valence-corrected chi connectivity index (χ0v) is 11.8. The van der Waals surface area contributed by atoms with Gasteiger partial charge in [0.25, 0.3) is 0 Å². The van der Waals surface area contributed by atoms with Crippen LogP contribution in [0.2, 0.25) is 0 Å². The van der Waals surface area contributed by atoms with E-state index in [0.29, 0.717) is 18.9 Å². The predicted molar refractivity (Wildman–Crippen MR) is 72.1 cm³/mol. The second-order valence-corrected chi connectivity index (χ2v) is 4.80. The van der Waals surface area contributed by atoms with Crippen LogP contribution in [0.15, 0.2) is 18.2 Å². The van der Waals surface area contributed by atoms with Gasteiger partial charge in [-0.15, -0.1) is 0 Å². The third-order valence-electron chi connectivity index (χ3n) is 3.34. The summed E-state index contributed by atoms with van der Waals surface area (Å²) in [4.78, 5) is 0. The average Bonchev–Trinajstić information content (AvgIpc) is 2.43. The van der Waals surface area contributed by atoms with Crippen LogP contribution in [0.4, 0.5) is 17.6 Å². The van der Waals surface area contributed by atoms with E-state index >= 15 is 0 Å². The Balaban J connectivity index is 3.10. The summed E-state index contributed by atoms with van der Waals surface area (Å²) in [5.74, 6) is -0.941. The lowest BCUT2D eigenvalue weighted by atomic mass is 9.98. The Bertz CT molecular complexity index is 451. The molecule has 0 amide bonds. The van der Waals surface area contributed by atoms with Crippen LogP contribution in [0.3, 0.4) is 0 Å². The van der Waals surface area contributed by atoms with E-state index in [9.17, 15) is 17.6 Å². The largest absolute Gasteiger partial charge is 0.416 e. The molecule has 0 bridgehead atoms. The molecule has 0 aromatic heterocycles. The van der Waals surface area contributed by atoms with Gasteiger partial charge in [0, 0.05) is 25.2 Å². The molecule has 0 saturated heterocycles. The lowest BCUT2D eigenvalue weighted by Gasteiger charge is -2.26. The van der Waals surface area contributed by atoms with E-state index in [-0.39, 0.29) is 24.8 Å². The van der Waals surface area contributed by atoms with E-state index < -0.39 is 23.6 Å². The molecule has 21 heavy (non-hydrogen) atoms. The highest BCUT2D eigenvalue weighted by molar-refractivity contribution is 5.33. The fraction of sp³-hybridized carbons (Fsp3) is 0.571. The molecule has 2 unspecified atom stereocenters. The van der Waals surface area contributed by atoms with Crippen molar-refractivity contribution in [3.05, 3.63) is 35.1 Å². The van der Waals surface area contributed by atoms with Crippen molar-refractivity contribution in [1.29, 1.82) is 0 Å². The summed E-state index contributed by atoms with van der Waals surface area (Å²) in [5, 5.41) is 11.9. The Morgan fingerprint density at radius 1 is 1.33 bits per heavy atom. The molecule has 0 saturated carbocycles. The summed E-state index contributed by atoms with van der Waals surface area (Å²) < 4.78 is 52.2. The van der Waals surface area contributed by atoms with Gasteiger partial charge in [0.05, 0.1) is 5.56 Å². The molecule has 7 heteroatoms. The highest BCUT2D eigenvalue weighted by Gasteiger charge is 2.35. The molecule has 0 heterocycles. The average molecular weight is 308 g/mol. The first-order chi connectivity index (χ1) is 9.83. The molecule has 1 aromatic rings. The summed E-state index contributed by atoms with van der Waals surface area (Å²) in [6, 6.07) is 1.66. The SMILES string of the molecule is CCC(CCO)NC(CN)c1ccc(F)cc1C(F)(F)F. The monoisotopic (exact) mass is 308 g/mol. The Labute approximate surface area is 121 Å². The van der Waals surface area contributed by atoms with Crippen molar-refractivity contribution >= 4 is 0 Å². The maximum Gasteiger partial charge on any atom is 0.416 e. The van der Waals surface area contributed by atoms with Crippen molar-refractivity contribution in [2.24, 2.45) is 5.73 Å². The van der Waals surface area contributed by atoms with Gasteiger partial charge in [-0.25, -0.2) is 4.39 Å². The van der Waals surface area contributed by atoms with Crippen LogP contribution in [0, 0.1) is 5.82 Å². The van der Waals surface area contributed by atoms with Gasteiger partial charge in [-0.1, -0.05) is 13.0 Å². The van der Waals surface area contributed by atoms with Crippen LogP contribution >= 0.6 is 0 Å². The first-order valence-corrected chi connectivity index (χ1v) is 6.77. The minimum atomic E-state index is -4.65. The van der Waals surface area contributed by atoms with Gasteiger partial charge in [0.1, 0.15) is 5.82 Å². The van der Waals surface area contributed by atoms with Crippen LogP contribution in [0.1, 0.15) is 36.9 Å². The van der Waals surface area contributed by atoms with Gasteiger partial charge in [-0.2, -0.15) is 13.2 Å². The number of nitrogens with two attached hydrogens (primary N) is 1. The summed E-state index contributed by atoms with van der Waals surface area (Å²) in [6.07, 6.45) is -3.60. The molecule has 0 aliphatic rings. The smallest absolute Gasteiger partial charge is 0.396 e. The number of halogens is 4. The van der Waals surface area contributed by atoms with Crippen molar-refractivity contribution in [2.75, 3.05) is 13.2 Å². The zero-order valence-electron chi connectivity index (χ0n) is 11.8. The molecule has 4 N–H and O–H groups in total. The molecular weight excluding hydrogens is 288 g/mol. The van der Waals surface area contributed by atoms with Crippen LogP contribution in [0.25, 0.3) is 0 Å². The van der Waals surface area contributed by atoms with Gasteiger partial charge in [-0.3, -0.25) is 0 Å². The predicted octanol–water partition coefficient (Wildman–Crippen LogP) is 2.59. The standard InChI is InChI=1S/C14H20F4N2O/c1-2-10(5-6-21)20-13(8-19)11-4-3-9(15)7-12(11)14(16,17)18/h3-4,7,10,13,20-21H,2,5-6,8,19H2,1H3. The fourth-order valence-electron chi connectivity index (χ4n) is 2.21. The van der Waals surface area contributed by atoms with Gasteiger partial charge in [0.15, 0.2) is 0 Å². The number of hydrogen-bond donors (Lipinski definition) is 3. The summed E-state index contributed by atoms with van der Waals surface area (Å²) >= 11 is 0. The highest BCUT2D eigenvalue weighted by Crippen LogP contribution is 2.35. The Morgan fingerprint density at radius 3 is 2.48 bits per heavy atom. The van der Waals surface area contributed by atoms with Crippen LogP contribution in [0.5, 0.6) is 0 Å². The Kier molecular flexibility index (Phi) is 6.57. The molecule has 1 rings (SSSR count). The third kappa shape index (κ3) is 4.94. The quantitative estimate of drug-likeness (QED) is 0.679. The first kappa shape index (κ1) is 17.9. The maximum atomic E-state index is 13.1. The molecule has 2 atom stereocenters. The number of nitrogens with one attached hydrogen (secondary N) is 1. The Hall–Kier alpha value is -1.18. The lowest BCUT2D eigenvalue weighted by molar-refractivity contribution is -0.138. The number of aliphatic hydroxyl groups excluding tert-OH is 1. The van der Waals surface area contributed by atoms with Gasteiger partial charge in [-0.05, 0) is 30.5 Å². The molecule has 0 spiro atoms. The zero-order chi connectivity index (χ0) is 16.0. The van der Waals surface area contributed by atoms with E-state index in [2.05, 4.69) is 5.32 Å². The first-order valence-electron chi connectivity index (χ1n) is 6.77. The maximum absolute atomic E-state index is 13.1. The van der Waals surface area contributed by atoms with Gasteiger partial charge >= 0.3 is 6.18 Å². The molecule has 0 aliphatic carbocycles. The molecule has 1 aromatic carbocycles. The summed E-state index contributed by atoms with van der Waals surface area (Å²) in [5.41, 5.74) is 4.46. The second kappa shape index (κ2) is 7.72. The van der Waals surface area contributed by atoms with Crippen molar-refractivity contribution in [3.8, 4) is 0 Å². The minimum Gasteiger partial charge on any atom is -0.396 e.